The SMILES string of the molecule is CN=C(NCCc1cccc(Cl)c1)NC1CCN(C(=O)C2CCCC2)C1. The van der Waals surface area contributed by atoms with Gasteiger partial charge in [0.2, 0.25) is 5.91 Å². The summed E-state index contributed by atoms with van der Waals surface area (Å²) >= 11 is 6.02. The van der Waals surface area contributed by atoms with Gasteiger partial charge in [0, 0.05) is 43.7 Å². The number of hydrogen-bond donors (Lipinski definition) is 2. The lowest BCUT2D eigenvalue weighted by atomic mass is 10.1. The third-order valence-corrected chi connectivity index (χ3v) is 5.60. The molecule has 1 saturated carbocycles. The van der Waals surface area contributed by atoms with Crippen LogP contribution in [0.5, 0.6) is 0 Å². The minimum atomic E-state index is 0.267. The van der Waals surface area contributed by atoms with E-state index in [-0.39, 0.29) is 12.0 Å². The van der Waals surface area contributed by atoms with E-state index >= 15 is 0 Å². The summed E-state index contributed by atoms with van der Waals surface area (Å²) in [6, 6.07) is 8.20. The second-order valence-corrected chi connectivity index (χ2v) is 7.71. The average Bonchev–Trinajstić information content (AvgIpc) is 3.32. The van der Waals surface area contributed by atoms with E-state index in [2.05, 4.69) is 21.7 Å². The Morgan fingerprint density at radius 2 is 2.12 bits per heavy atom. The summed E-state index contributed by atoms with van der Waals surface area (Å²) in [5, 5.41) is 7.58. The molecule has 1 saturated heterocycles. The fraction of sp³-hybridized carbons (Fsp3) is 0.600. The predicted molar refractivity (Wildman–Crippen MR) is 107 cm³/mol. The van der Waals surface area contributed by atoms with Crippen LogP contribution in [0.25, 0.3) is 0 Å². The molecule has 1 heterocycles. The molecule has 2 aliphatic rings. The molecule has 0 bridgehead atoms. The first kappa shape index (κ1) is 19.0. The van der Waals surface area contributed by atoms with Gasteiger partial charge in [0.1, 0.15) is 0 Å². The third kappa shape index (κ3) is 5.13. The van der Waals surface area contributed by atoms with Gasteiger partial charge < -0.3 is 15.5 Å². The van der Waals surface area contributed by atoms with E-state index < -0.39 is 0 Å². The highest BCUT2D eigenvalue weighted by Gasteiger charge is 2.32. The number of halogens is 1. The van der Waals surface area contributed by atoms with Gasteiger partial charge in [-0.15, -0.1) is 0 Å². The van der Waals surface area contributed by atoms with Crippen molar-refractivity contribution >= 4 is 23.5 Å². The molecule has 6 heteroatoms. The molecule has 1 amide bonds. The summed E-state index contributed by atoms with van der Waals surface area (Å²) in [7, 11) is 1.78. The van der Waals surface area contributed by atoms with Crippen LogP contribution in [0.3, 0.4) is 0 Å². The quantitative estimate of drug-likeness (QED) is 0.613. The van der Waals surface area contributed by atoms with Gasteiger partial charge in [-0.25, -0.2) is 0 Å². The molecule has 142 valence electrons. The molecule has 3 rings (SSSR count). The van der Waals surface area contributed by atoms with E-state index in [0.29, 0.717) is 5.91 Å². The van der Waals surface area contributed by atoms with Crippen LogP contribution in [-0.2, 0) is 11.2 Å². The average molecular weight is 377 g/mol. The Bertz CT molecular complexity index is 642. The van der Waals surface area contributed by atoms with Gasteiger partial charge in [-0.2, -0.15) is 0 Å². The summed E-state index contributed by atoms with van der Waals surface area (Å²) in [5.74, 6) is 1.42. The number of nitrogens with zero attached hydrogens (tertiary/aromatic N) is 2. The van der Waals surface area contributed by atoms with Crippen molar-refractivity contribution in [1.82, 2.24) is 15.5 Å². The standard InChI is InChI=1S/C20H29ClN4O/c1-22-20(23-11-9-15-5-4-8-17(21)13-15)24-18-10-12-25(14-18)19(26)16-6-2-3-7-16/h4-5,8,13,16,18H,2-3,6-7,9-12,14H2,1H3,(H2,22,23,24). The van der Waals surface area contributed by atoms with Crippen molar-refractivity contribution in [1.29, 1.82) is 0 Å². The van der Waals surface area contributed by atoms with E-state index in [9.17, 15) is 4.79 Å². The maximum absolute atomic E-state index is 12.5. The molecule has 1 aromatic rings. The van der Waals surface area contributed by atoms with Crippen molar-refractivity contribution in [3.63, 3.8) is 0 Å². The van der Waals surface area contributed by atoms with Gasteiger partial charge in [0.25, 0.3) is 0 Å². The molecule has 0 radical (unpaired) electrons. The second kappa shape index (κ2) is 9.26. The Labute approximate surface area is 161 Å². The summed E-state index contributed by atoms with van der Waals surface area (Å²) in [6.45, 7) is 2.42. The number of rotatable bonds is 5. The van der Waals surface area contributed by atoms with Crippen LogP contribution in [0.4, 0.5) is 0 Å². The van der Waals surface area contributed by atoms with E-state index in [1.165, 1.54) is 18.4 Å². The van der Waals surface area contributed by atoms with Crippen LogP contribution >= 0.6 is 11.6 Å². The van der Waals surface area contributed by atoms with Gasteiger partial charge in [0.05, 0.1) is 0 Å². The van der Waals surface area contributed by atoms with Gasteiger partial charge >= 0.3 is 0 Å². The van der Waals surface area contributed by atoms with Crippen LogP contribution in [0.1, 0.15) is 37.7 Å². The van der Waals surface area contributed by atoms with Crippen LogP contribution in [-0.4, -0.2) is 49.5 Å². The van der Waals surface area contributed by atoms with Crippen molar-refractivity contribution in [3.8, 4) is 0 Å². The molecular weight excluding hydrogens is 348 g/mol. The molecule has 5 nitrogen and oxygen atoms in total. The number of benzene rings is 1. The number of carbonyl (C=O) groups is 1. The Kier molecular flexibility index (Phi) is 6.78. The molecule has 1 aromatic carbocycles. The number of hydrogen-bond acceptors (Lipinski definition) is 2. The number of guanidine groups is 1. The summed E-state index contributed by atoms with van der Waals surface area (Å²) in [5.41, 5.74) is 1.20. The van der Waals surface area contributed by atoms with Gasteiger partial charge in [-0.3, -0.25) is 9.79 Å². The molecule has 26 heavy (non-hydrogen) atoms. The topological polar surface area (TPSA) is 56.7 Å². The molecule has 1 unspecified atom stereocenters. The molecule has 1 aliphatic heterocycles. The van der Waals surface area contributed by atoms with Crippen molar-refractivity contribution in [2.75, 3.05) is 26.7 Å². The first-order valence-electron chi connectivity index (χ1n) is 9.66. The molecule has 2 fully saturated rings. The third-order valence-electron chi connectivity index (χ3n) is 5.36. The molecule has 0 aromatic heterocycles. The van der Waals surface area contributed by atoms with Crippen LogP contribution < -0.4 is 10.6 Å². The smallest absolute Gasteiger partial charge is 0.225 e. The second-order valence-electron chi connectivity index (χ2n) is 7.27. The molecule has 1 atom stereocenters. The Morgan fingerprint density at radius 1 is 1.31 bits per heavy atom. The summed E-state index contributed by atoms with van der Waals surface area (Å²) in [4.78, 5) is 18.9. The van der Waals surface area contributed by atoms with Crippen molar-refractivity contribution in [2.24, 2.45) is 10.9 Å². The summed E-state index contributed by atoms with van der Waals surface area (Å²) in [6.07, 6.45) is 6.41. The molecular formula is C20H29ClN4O. The first-order valence-corrected chi connectivity index (χ1v) is 10.0. The fourth-order valence-corrected chi connectivity index (χ4v) is 4.13. The zero-order chi connectivity index (χ0) is 18.4. The zero-order valence-corrected chi connectivity index (χ0v) is 16.3. The van der Waals surface area contributed by atoms with Gasteiger partial charge in [0.15, 0.2) is 5.96 Å². The minimum Gasteiger partial charge on any atom is -0.356 e. The number of likely N-dealkylation sites (tertiary alicyclic amines) is 1. The maximum atomic E-state index is 12.5. The number of amides is 1. The lowest BCUT2D eigenvalue weighted by molar-refractivity contribution is -0.134. The number of nitrogens with one attached hydrogen (secondary N) is 2. The van der Waals surface area contributed by atoms with E-state index in [0.717, 1.165) is 56.3 Å². The van der Waals surface area contributed by atoms with Crippen molar-refractivity contribution in [2.45, 2.75) is 44.6 Å². The summed E-state index contributed by atoms with van der Waals surface area (Å²) < 4.78 is 0. The van der Waals surface area contributed by atoms with Crippen LogP contribution in [0.15, 0.2) is 29.3 Å². The van der Waals surface area contributed by atoms with E-state index in [1.807, 2.05) is 23.1 Å². The largest absolute Gasteiger partial charge is 0.356 e. The fourth-order valence-electron chi connectivity index (χ4n) is 3.91. The Balaban J connectivity index is 1.41. The highest BCUT2D eigenvalue weighted by molar-refractivity contribution is 6.30. The molecule has 0 spiro atoms. The van der Waals surface area contributed by atoms with E-state index in [4.69, 9.17) is 11.6 Å². The van der Waals surface area contributed by atoms with Gasteiger partial charge in [-0.05, 0) is 43.4 Å². The molecule has 2 N–H and O–H groups in total. The highest BCUT2D eigenvalue weighted by atomic mass is 35.5. The minimum absolute atomic E-state index is 0.267. The predicted octanol–water partition coefficient (Wildman–Crippen LogP) is 2.84. The zero-order valence-electron chi connectivity index (χ0n) is 15.5. The Hall–Kier alpha value is -1.75. The van der Waals surface area contributed by atoms with Crippen molar-refractivity contribution < 1.29 is 4.79 Å². The van der Waals surface area contributed by atoms with Crippen molar-refractivity contribution in [3.05, 3.63) is 34.9 Å². The van der Waals surface area contributed by atoms with E-state index in [1.54, 1.807) is 7.05 Å². The maximum Gasteiger partial charge on any atom is 0.225 e. The lowest BCUT2D eigenvalue weighted by Gasteiger charge is -2.21. The van der Waals surface area contributed by atoms with Crippen LogP contribution in [0.2, 0.25) is 5.02 Å². The normalized spacial score (nSPS) is 21.2. The Morgan fingerprint density at radius 3 is 2.85 bits per heavy atom. The number of aliphatic imine (C=N–C) groups is 1. The number of carbonyl (C=O) groups excluding carboxylic acids is 1. The lowest BCUT2D eigenvalue weighted by Crippen LogP contribution is -2.45. The first-order chi connectivity index (χ1) is 12.7. The van der Waals surface area contributed by atoms with Crippen LogP contribution in [0, 0.1) is 5.92 Å². The highest BCUT2D eigenvalue weighted by Crippen LogP contribution is 2.27. The molecule has 1 aliphatic carbocycles. The monoisotopic (exact) mass is 376 g/mol. The van der Waals surface area contributed by atoms with Gasteiger partial charge in [-0.1, -0.05) is 36.6 Å².